The summed E-state index contributed by atoms with van der Waals surface area (Å²) in [5.74, 6) is 1.48. The number of carbonyl (C=O) groups is 2. The van der Waals surface area contributed by atoms with Crippen LogP contribution in [0.25, 0.3) is 6.08 Å². The van der Waals surface area contributed by atoms with Crippen LogP contribution in [0.1, 0.15) is 21.9 Å². The molecule has 124 valence electrons. The van der Waals surface area contributed by atoms with Crippen molar-refractivity contribution in [1.82, 2.24) is 10.9 Å². The number of hydrazine groups is 1. The molecule has 0 radical (unpaired) electrons. The number of benzene rings is 1. The van der Waals surface area contributed by atoms with Crippen LogP contribution in [0.5, 0.6) is 11.5 Å². The van der Waals surface area contributed by atoms with Gasteiger partial charge in [0.1, 0.15) is 24.7 Å². The van der Waals surface area contributed by atoms with Crippen LogP contribution in [0.15, 0.2) is 40.8 Å². The monoisotopic (exact) mass is 328 g/mol. The van der Waals surface area contributed by atoms with Crippen molar-refractivity contribution in [3.8, 4) is 11.5 Å². The maximum atomic E-state index is 12.0. The Kier molecular flexibility index (Phi) is 4.51. The van der Waals surface area contributed by atoms with Gasteiger partial charge >= 0.3 is 0 Å². The average molecular weight is 328 g/mol. The van der Waals surface area contributed by atoms with Crippen LogP contribution in [0.4, 0.5) is 0 Å². The number of carbonyl (C=O) groups excluding carboxylic acids is 2. The van der Waals surface area contributed by atoms with Gasteiger partial charge in [-0.25, -0.2) is 0 Å². The first-order valence-corrected chi connectivity index (χ1v) is 7.36. The zero-order chi connectivity index (χ0) is 16.9. The molecule has 2 amide bonds. The van der Waals surface area contributed by atoms with Crippen molar-refractivity contribution in [2.24, 2.45) is 0 Å². The Balaban J connectivity index is 1.55. The van der Waals surface area contributed by atoms with Gasteiger partial charge in [0.25, 0.3) is 11.8 Å². The second-order valence-corrected chi connectivity index (χ2v) is 5.08. The van der Waals surface area contributed by atoms with E-state index in [1.807, 2.05) is 6.92 Å². The van der Waals surface area contributed by atoms with Crippen LogP contribution in [-0.2, 0) is 4.79 Å². The van der Waals surface area contributed by atoms with Gasteiger partial charge in [-0.05, 0) is 43.3 Å². The van der Waals surface area contributed by atoms with E-state index in [0.717, 1.165) is 5.76 Å². The van der Waals surface area contributed by atoms with E-state index in [1.165, 1.54) is 12.2 Å². The van der Waals surface area contributed by atoms with Crippen molar-refractivity contribution in [3.05, 3.63) is 53.5 Å². The molecule has 3 rings (SSSR count). The zero-order valence-electron chi connectivity index (χ0n) is 13.0. The fourth-order valence-corrected chi connectivity index (χ4v) is 2.12. The molecule has 1 aliphatic rings. The van der Waals surface area contributed by atoms with Gasteiger partial charge in [-0.1, -0.05) is 0 Å². The Bertz CT molecular complexity index is 794. The predicted octanol–water partition coefficient (Wildman–Crippen LogP) is 1.83. The van der Waals surface area contributed by atoms with Gasteiger partial charge in [-0.15, -0.1) is 0 Å². The molecule has 24 heavy (non-hydrogen) atoms. The van der Waals surface area contributed by atoms with Crippen molar-refractivity contribution in [2.75, 3.05) is 13.2 Å². The Labute approximate surface area is 138 Å². The lowest BCUT2D eigenvalue weighted by molar-refractivity contribution is -0.117. The number of rotatable bonds is 3. The highest BCUT2D eigenvalue weighted by Crippen LogP contribution is 2.30. The predicted molar refractivity (Wildman–Crippen MR) is 85.5 cm³/mol. The fraction of sp³-hybridized carbons (Fsp3) is 0.176. The van der Waals surface area contributed by atoms with Crippen LogP contribution >= 0.6 is 0 Å². The maximum Gasteiger partial charge on any atom is 0.269 e. The highest BCUT2D eigenvalue weighted by atomic mass is 16.6. The molecule has 0 aliphatic carbocycles. The average Bonchev–Trinajstić information content (AvgIpc) is 3.02. The summed E-state index contributed by atoms with van der Waals surface area (Å²) in [6.07, 6.45) is 2.78. The van der Waals surface area contributed by atoms with Crippen LogP contribution in [0.3, 0.4) is 0 Å². The first kappa shape index (κ1) is 15.7. The minimum absolute atomic E-state index is 0.352. The summed E-state index contributed by atoms with van der Waals surface area (Å²) in [5.41, 5.74) is 4.98. The molecule has 1 aromatic carbocycles. The molecule has 7 heteroatoms. The Morgan fingerprint density at radius 2 is 1.83 bits per heavy atom. The third-order valence-electron chi connectivity index (χ3n) is 3.26. The number of aryl methyl sites for hydroxylation is 1. The summed E-state index contributed by atoms with van der Waals surface area (Å²) >= 11 is 0. The van der Waals surface area contributed by atoms with E-state index >= 15 is 0 Å². The smallest absolute Gasteiger partial charge is 0.269 e. The topological polar surface area (TPSA) is 89.8 Å². The first-order valence-electron chi connectivity index (χ1n) is 7.36. The van der Waals surface area contributed by atoms with E-state index in [2.05, 4.69) is 10.9 Å². The highest BCUT2D eigenvalue weighted by Gasteiger charge is 2.15. The van der Waals surface area contributed by atoms with E-state index in [0.29, 0.717) is 36.0 Å². The fourth-order valence-electron chi connectivity index (χ4n) is 2.12. The number of furan rings is 1. The molecular formula is C17H16N2O5. The molecule has 0 spiro atoms. The van der Waals surface area contributed by atoms with Gasteiger partial charge in [0.05, 0.1) is 0 Å². The summed E-state index contributed by atoms with van der Waals surface area (Å²) in [6, 6.07) is 8.35. The van der Waals surface area contributed by atoms with Crippen molar-refractivity contribution in [2.45, 2.75) is 6.92 Å². The second-order valence-electron chi connectivity index (χ2n) is 5.08. The van der Waals surface area contributed by atoms with Crippen molar-refractivity contribution in [1.29, 1.82) is 0 Å². The maximum absolute atomic E-state index is 12.0. The quantitative estimate of drug-likeness (QED) is 0.663. The molecule has 1 aromatic heterocycles. The summed E-state index contributed by atoms with van der Waals surface area (Å²) in [5, 5.41) is 0. The minimum atomic E-state index is -0.477. The number of hydrogen-bond acceptors (Lipinski definition) is 5. The van der Waals surface area contributed by atoms with Gasteiger partial charge in [-0.2, -0.15) is 0 Å². The van der Waals surface area contributed by atoms with Crippen LogP contribution in [0.2, 0.25) is 0 Å². The lowest BCUT2D eigenvalue weighted by Gasteiger charge is -2.18. The molecule has 2 N–H and O–H groups in total. The summed E-state index contributed by atoms with van der Waals surface area (Å²) < 4.78 is 16.1. The van der Waals surface area contributed by atoms with Gasteiger partial charge in [0.2, 0.25) is 0 Å². The van der Waals surface area contributed by atoms with Gasteiger partial charge in [0.15, 0.2) is 11.5 Å². The van der Waals surface area contributed by atoms with E-state index in [4.69, 9.17) is 13.9 Å². The highest BCUT2D eigenvalue weighted by molar-refractivity contribution is 5.98. The Hall–Kier alpha value is -3.22. The molecule has 1 aliphatic heterocycles. The van der Waals surface area contributed by atoms with Crippen LogP contribution in [0, 0.1) is 6.92 Å². The minimum Gasteiger partial charge on any atom is -0.486 e. The van der Waals surface area contributed by atoms with Crippen molar-refractivity contribution < 1.29 is 23.5 Å². The normalized spacial score (nSPS) is 12.9. The Morgan fingerprint density at radius 3 is 2.58 bits per heavy atom. The van der Waals surface area contributed by atoms with Gasteiger partial charge in [0, 0.05) is 11.6 Å². The number of amides is 2. The standard InChI is InChI=1S/C17H16N2O5/c1-11-2-4-13(24-11)5-7-16(20)18-19-17(21)12-3-6-14-15(10-12)23-9-8-22-14/h2-7,10H,8-9H2,1H3,(H,18,20)(H,19,21)/b7-5+. The number of ether oxygens (including phenoxy) is 2. The third kappa shape index (κ3) is 3.75. The summed E-state index contributed by atoms with van der Waals surface area (Å²) in [7, 11) is 0. The molecule has 0 saturated heterocycles. The Morgan fingerprint density at radius 1 is 1.04 bits per heavy atom. The summed E-state index contributed by atoms with van der Waals surface area (Å²) in [4.78, 5) is 23.7. The van der Waals surface area contributed by atoms with Crippen LogP contribution < -0.4 is 20.3 Å². The molecule has 0 unspecified atom stereocenters. The molecule has 0 saturated carbocycles. The molecule has 0 fully saturated rings. The van der Waals surface area contributed by atoms with E-state index < -0.39 is 11.8 Å². The van der Waals surface area contributed by atoms with Crippen molar-refractivity contribution in [3.63, 3.8) is 0 Å². The molecule has 2 heterocycles. The van der Waals surface area contributed by atoms with E-state index in [-0.39, 0.29) is 0 Å². The molecule has 0 atom stereocenters. The number of fused-ring (bicyclic) bond motifs is 1. The van der Waals surface area contributed by atoms with Gasteiger partial charge < -0.3 is 13.9 Å². The van der Waals surface area contributed by atoms with Crippen molar-refractivity contribution >= 4 is 17.9 Å². The van der Waals surface area contributed by atoms with Crippen LogP contribution in [-0.4, -0.2) is 25.0 Å². The molecule has 7 nitrogen and oxygen atoms in total. The lowest BCUT2D eigenvalue weighted by atomic mass is 10.2. The number of hydrogen-bond donors (Lipinski definition) is 2. The third-order valence-corrected chi connectivity index (χ3v) is 3.26. The van der Waals surface area contributed by atoms with E-state index in [9.17, 15) is 9.59 Å². The molecular weight excluding hydrogens is 312 g/mol. The first-order chi connectivity index (χ1) is 11.6. The molecule has 0 bridgehead atoms. The second kappa shape index (κ2) is 6.91. The largest absolute Gasteiger partial charge is 0.486 e. The number of nitrogens with one attached hydrogen (secondary N) is 2. The molecule has 2 aromatic rings. The van der Waals surface area contributed by atoms with E-state index in [1.54, 1.807) is 30.3 Å². The summed E-state index contributed by atoms with van der Waals surface area (Å²) in [6.45, 7) is 2.73. The van der Waals surface area contributed by atoms with Gasteiger partial charge in [-0.3, -0.25) is 20.4 Å². The zero-order valence-corrected chi connectivity index (χ0v) is 13.0. The lowest BCUT2D eigenvalue weighted by Crippen LogP contribution is -2.40. The SMILES string of the molecule is Cc1ccc(/C=C/C(=O)NNC(=O)c2ccc3c(c2)OCCO3)o1.